The number of nitrogens with zero attached hydrogens (tertiary/aromatic N) is 3. The van der Waals surface area contributed by atoms with Crippen molar-refractivity contribution in [2.24, 2.45) is 0 Å². The first kappa shape index (κ1) is 13.5. The summed E-state index contributed by atoms with van der Waals surface area (Å²) in [5.74, 6) is 0.254. The summed E-state index contributed by atoms with van der Waals surface area (Å²) in [4.78, 5) is 18.5. The lowest BCUT2D eigenvalue weighted by atomic mass is 10.2. The van der Waals surface area contributed by atoms with Gasteiger partial charge in [-0.1, -0.05) is 17.7 Å². The Morgan fingerprint density at radius 3 is 2.79 bits per heavy atom. The van der Waals surface area contributed by atoms with Gasteiger partial charge in [-0.2, -0.15) is 4.98 Å². The molecule has 0 saturated carbocycles. The number of fused-ring (bicyclic) bond motifs is 1. The molecule has 0 saturated heterocycles. The van der Waals surface area contributed by atoms with Gasteiger partial charge < -0.3 is 5.32 Å². The van der Waals surface area contributed by atoms with Gasteiger partial charge in [0, 0.05) is 6.54 Å². The van der Waals surface area contributed by atoms with E-state index in [1.807, 2.05) is 0 Å². The first-order chi connectivity index (χ1) is 9.04. The van der Waals surface area contributed by atoms with Gasteiger partial charge in [0.1, 0.15) is 16.2 Å². The first-order valence-corrected chi connectivity index (χ1v) is 5.95. The number of hydrogen-bond donors (Lipinski definition) is 1. The molecule has 0 aliphatic rings. The number of rotatable bonds is 4. The molecule has 8 heteroatoms. The number of aromatic nitrogens is 2. The largest absolute Gasteiger partial charge is 0.366 e. The average molecular weight is 299 g/mol. The summed E-state index contributed by atoms with van der Waals surface area (Å²) in [6, 6.07) is 2.96. The Morgan fingerprint density at radius 1 is 1.42 bits per heavy atom. The molecule has 0 bridgehead atoms. The normalized spacial score (nSPS) is 10.4. The number of nitro groups is 1. The van der Waals surface area contributed by atoms with E-state index in [9.17, 15) is 10.1 Å². The number of anilines is 1. The van der Waals surface area contributed by atoms with Crippen molar-refractivity contribution < 1.29 is 4.92 Å². The van der Waals surface area contributed by atoms with E-state index >= 15 is 0 Å². The van der Waals surface area contributed by atoms with Gasteiger partial charge in [0.15, 0.2) is 0 Å². The summed E-state index contributed by atoms with van der Waals surface area (Å²) in [5.41, 5.74) is 0.102. The van der Waals surface area contributed by atoms with E-state index in [0.29, 0.717) is 12.1 Å². The molecule has 0 amide bonds. The smallest absolute Gasteiger partial charge is 0.300 e. The fourth-order valence-electron chi connectivity index (χ4n) is 1.63. The molecule has 2 rings (SSSR count). The Morgan fingerprint density at radius 2 is 2.16 bits per heavy atom. The predicted molar refractivity (Wildman–Crippen MR) is 74.9 cm³/mol. The summed E-state index contributed by atoms with van der Waals surface area (Å²) in [6.07, 6.45) is 1.60. The molecule has 0 atom stereocenters. The van der Waals surface area contributed by atoms with Crippen molar-refractivity contribution in [3.8, 4) is 0 Å². The molecule has 0 aliphatic carbocycles. The van der Waals surface area contributed by atoms with Crippen LogP contribution in [0.4, 0.5) is 11.5 Å². The molecular formula is C11H8Cl2N4O2. The molecular weight excluding hydrogens is 291 g/mol. The number of nitro benzene ring substituents is 1. The van der Waals surface area contributed by atoms with Gasteiger partial charge in [0.05, 0.1) is 10.4 Å². The molecule has 0 spiro atoms. The number of halogens is 2. The van der Waals surface area contributed by atoms with Gasteiger partial charge in [-0.15, -0.1) is 6.58 Å². The molecule has 0 unspecified atom stereocenters. The third-order valence-corrected chi connectivity index (χ3v) is 2.83. The van der Waals surface area contributed by atoms with Crippen molar-refractivity contribution >= 4 is 45.6 Å². The second kappa shape index (κ2) is 5.38. The molecule has 0 radical (unpaired) electrons. The Labute approximate surface area is 118 Å². The van der Waals surface area contributed by atoms with Crippen LogP contribution in [0.15, 0.2) is 24.8 Å². The van der Waals surface area contributed by atoms with Crippen LogP contribution >= 0.6 is 23.2 Å². The molecule has 19 heavy (non-hydrogen) atoms. The summed E-state index contributed by atoms with van der Waals surface area (Å²) >= 11 is 11.6. The van der Waals surface area contributed by atoms with Gasteiger partial charge in [0.25, 0.3) is 0 Å². The number of nitrogens with one attached hydrogen (secondary N) is 1. The summed E-state index contributed by atoms with van der Waals surface area (Å²) in [7, 11) is 0. The van der Waals surface area contributed by atoms with E-state index in [1.54, 1.807) is 12.1 Å². The van der Waals surface area contributed by atoms with Crippen LogP contribution in [0.1, 0.15) is 0 Å². The molecule has 1 heterocycles. The van der Waals surface area contributed by atoms with Crippen LogP contribution in [-0.4, -0.2) is 21.4 Å². The molecule has 2 aromatic rings. The fraction of sp³-hybridized carbons (Fsp3) is 0.0909. The Balaban J connectivity index is 2.80. The van der Waals surface area contributed by atoms with Crippen LogP contribution in [-0.2, 0) is 0 Å². The van der Waals surface area contributed by atoms with E-state index in [2.05, 4.69) is 21.9 Å². The standard InChI is InChI=1S/C11H8Cl2N4O2/c1-2-5-14-10-8-7(15-11(13)16-10)4-3-6(12)9(8)17(18)19/h2-4H,1,5H2,(H,14,15,16). The minimum absolute atomic E-state index is 0.00400. The minimum Gasteiger partial charge on any atom is -0.366 e. The molecule has 98 valence electrons. The van der Waals surface area contributed by atoms with Crippen LogP contribution in [0.5, 0.6) is 0 Å². The maximum Gasteiger partial charge on any atom is 0.300 e. The summed E-state index contributed by atoms with van der Waals surface area (Å²) in [5, 5.41) is 14.3. The number of benzene rings is 1. The third kappa shape index (κ3) is 2.59. The third-order valence-electron chi connectivity index (χ3n) is 2.36. The van der Waals surface area contributed by atoms with E-state index < -0.39 is 4.92 Å². The maximum atomic E-state index is 11.1. The highest BCUT2D eigenvalue weighted by molar-refractivity contribution is 6.34. The van der Waals surface area contributed by atoms with Crippen molar-refractivity contribution in [1.29, 1.82) is 0 Å². The highest BCUT2D eigenvalue weighted by Crippen LogP contribution is 2.36. The zero-order valence-corrected chi connectivity index (χ0v) is 11.1. The van der Waals surface area contributed by atoms with Crippen LogP contribution < -0.4 is 5.32 Å². The highest BCUT2D eigenvalue weighted by atomic mass is 35.5. The average Bonchev–Trinajstić information content (AvgIpc) is 2.35. The van der Waals surface area contributed by atoms with Crippen LogP contribution in [0.2, 0.25) is 10.3 Å². The van der Waals surface area contributed by atoms with E-state index in [-0.39, 0.29) is 27.2 Å². The van der Waals surface area contributed by atoms with Crippen LogP contribution in [0.25, 0.3) is 10.9 Å². The molecule has 1 aromatic carbocycles. The monoisotopic (exact) mass is 298 g/mol. The van der Waals surface area contributed by atoms with Crippen LogP contribution in [0, 0.1) is 10.1 Å². The Bertz CT molecular complexity index is 675. The van der Waals surface area contributed by atoms with E-state index in [0.717, 1.165) is 0 Å². The van der Waals surface area contributed by atoms with Crippen molar-refractivity contribution in [2.45, 2.75) is 0 Å². The number of hydrogen-bond acceptors (Lipinski definition) is 5. The van der Waals surface area contributed by atoms with Crippen molar-refractivity contribution in [3.63, 3.8) is 0 Å². The second-order valence-corrected chi connectivity index (χ2v) is 4.30. The SMILES string of the molecule is C=CCNc1nc(Cl)nc2ccc(Cl)c([N+](=O)[O-])c12. The molecule has 1 aromatic heterocycles. The highest BCUT2D eigenvalue weighted by Gasteiger charge is 2.22. The molecule has 6 nitrogen and oxygen atoms in total. The maximum absolute atomic E-state index is 11.1. The lowest BCUT2D eigenvalue weighted by Crippen LogP contribution is -2.04. The lowest BCUT2D eigenvalue weighted by Gasteiger charge is -2.08. The van der Waals surface area contributed by atoms with Gasteiger partial charge in [0.2, 0.25) is 5.28 Å². The summed E-state index contributed by atoms with van der Waals surface area (Å²) < 4.78 is 0. The molecule has 0 fully saturated rings. The minimum atomic E-state index is -0.568. The topological polar surface area (TPSA) is 81.0 Å². The quantitative estimate of drug-likeness (QED) is 0.405. The second-order valence-electron chi connectivity index (χ2n) is 3.56. The van der Waals surface area contributed by atoms with E-state index in [4.69, 9.17) is 23.2 Å². The predicted octanol–water partition coefficient (Wildman–Crippen LogP) is 3.44. The van der Waals surface area contributed by atoms with E-state index in [1.165, 1.54) is 6.07 Å². The zero-order chi connectivity index (χ0) is 14.0. The Kier molecular flexibility index (Phi) is 3.82. The first-order valence-electron chi connectivity index (χ1n) is 5.19. The van der Waals surface area contributed by atoms with Gasteiger partial charge in [-0.05, 0) is 23.7 Å². The summed E-state index contributed by atoms with van der Waals surface area (Å²) in [6.45, 7) is 3.94. The van der Waals surface area contributed by atoms with Gasteiger partial charge in [-0.25, -0.2) is 4.98 Å². The zero-order valence-electron chi connectivity index (χ0n) is 9.56. The van der Waals surface area contributed by atoms with Crippen molar-refractivity contribution in [1.82, 2.24) is 9.97 Å². The fourth-order valence-corrected chi connectivity index (χ4v) is 2.03. The van der Waals surface area contributed by atoms with Crippen LogP contribution in [0.3, 0.4) is 0 Å². The molecule has 0 aliphatic heterocycles. The van der Waals surface area contributed by atoms with Crippen molar-refractivity contribution in [2.75, 3.05) is 11.9 Å². The molecule has 1 N–H and O–H groups in total. The lowest BCUT2D eigenvalue weighted by molar-refractivity contribution is -0.382. The van der Waals surface area contributed by atoms with Crippen molar-refractivity contribution in [3.05, 3.63) is 45.2 Å². The van der Waals surface area contributed by atoms with Gasteiger partial charge in [-0.3, -0.25) is 10.1 Å². The Hall–Kier alpha value is -1.92. The van der Waals surface area contributed by atoms with Gasteiger partial charge >= 0.3 is 5.69 Å².